The number of nitrogens with zero attached hydrogens (tertiary/aromatic N) is 1. The van der Waals surface area contributed by atoms with E-state index in [-0.39, 0.29) is 5.91 Å². The SMILES string of the molecule is CCOC(=O)c1[nH]c(C)c(CN(Cc2ccc(C)cc2)C(=O)c2cc(OC)cc(OC)c2)c1C. The number of aromatic amines is 1. The Morgan fingerprint density at radius 1 is 0.912 bits per heavy atom. The predicted octanol–water partition coefficient (Wildman–Crippen LogP) is 4.98. The lowest BCUT2D eigenvalue weighted by molar-refractivity contribution is 0.0519. The molecular formula is C27H32N2O5. The first-order valence-corrected chi connectivity index (χ1v) is 11.2. The molecule has 7 nitrogen and oxygen atoms in total. The standard InChI is InChI=1S/C27H32N2O5/c1-7-34-27(31)25-18(3)24(19(4)28-25)16-29(15-20-10-8-17(2)9-11-20)26(30)21-12-22(32-5)14-23(13-21)33-6/h8-14,28H,7,15-16H2,1-6H3. The predicted molar refractivity (Wildman–Crippen MR) is 131 cm³/mol. The second-order valence-electron chi connectivity index (χ2n) is 8.20. The normalized spacial score (nSPS) is 10.6. The molecule has 3 aromatic rings. The highest BCUT2D eigenvalue weighted by atomic mass is 16.5. The third-order valence-electron chi connectivity index (χ3n) is 5.80. The quantitative estimate of drug-likeness (QED) is 0.452. The summed E-state index contributed by atoms with van der Waals surface area (Å²) >= 11 is 0. The number of nitrogens with one attached hydrogen (secondary N) is 1. The lowest BCUT2D eigenvalue weighted by atomic mass is 10.1. The number of benzene rings is 2. The average Bonchev–Trinajstić information content (AvgIpc) is 3.12. The Morgan fingerprint density at radius 2 is 1.53 bits per heavy atom. The second-order valence-corrected chi connectivity index (χ2v) is 8.20. The zero-order chi connectivity index (χ0) is 24.8. The summed E-state index contributed by atoms with van der Waals surface area (Å²) in [7, 11) is 3.10. The molecule has 1 aromatic heterocycles. The van der Waals surface area contributed by atoms with Crippen molar-refractivity contribution in [1.82, 2.24) is 9.88 Å². The molecule has 0 saturated heterocycles. The van der Waals surface area contributed by atoms with Crippen LogP contribution < -0.4 is 9.47 Å². The maximum atomic E-state index is 13.7. The van der Waals surface area contributed by atoms with E-state index in [1.54, 1.807) is 44.2 Å². The third kappa shape index (κ3) is 5.60. The van der Waals surface area contributed by atoms with E-state index in [2.05, 4.69) is 4.98 Å². The van der Waals surface area contributed by atoms with Crippen LogP contribution in [-0.2, 0) is 17.8 Å². The van der Waals surface area contributed by atoms with Gasteiger partial charge in [-0.05, 0) is 56.5 Å². The Balaban J connectivity index is 2.01. The van der Waals surface area contributed by atoms with Gasteiger partial charge in [-0.2, -0.15) is 0 Å². The number of esters is 1. The van der Waals surface area contributed by atoms with Crippen LogP contribution in [-0.4, -0.2) is 42.6 Å². The molecule has 7 heteroatoms. The van der Waals surface area contributed by atoms with E-state index in [0.717, 1.165) is 27.9 Å². The van der Waals surface area contributed by atoms with Gasteiger partial charge in [-0.25, -0.2) is 4.79 Å². The van der Waals surface area contributed by atoms with Crippen LogP contribution in [0.3, 0.4) is 0 Å². The Bertz CT molecular complexity index is 1140. The number of methoxy groups -OCH3 is 2. The lowest BCUT2D eigenvalue weighted by Gasteiger charge is -2.24. The lowest BCUT2D eigenvalue weighted by Crippen LogP contribution is -2.30. The molecule has 0 fully saturated rings. The van der Waals surface area contributed by atoms with Gasteiger partial charge in [0, 0.05) is 30.4 Å². The van der Waals surface area contributed by atoms with Crippen molar-refractivity contribution in [3.05, 3.63) is 81.7 Å². The molecule has 34 heavy (non-hydrogen) atoms. The van der Waals surface area contributed by atoms with Gasteiger partial charge in [0.1, 0.15) is 17.2 Å². The van der Waals surface area contributed by atoms with Gasteiger partial charge in [0.05, 0.1) is 20.8 Å². The molecule has 0 aliphatic rings. The Labute approximate surface area is 200 Å². The molecular weight excluding hydrogens is 432 g/mol. The van der Waals surface area contributed by atoms with Gasteiger partial charge in [0.15, 0.2) is 0 Å². The Hall–Kier alpha value is -3.74. The monoisotopic (exact) mass is 464 g/mol. The smallest absolute Gasteiger partial charge is 0.355 e. The maximum absolute atomic E-state index is 13.7. The van der Waals surface area contributed by atoms with Gasteiger partial charge >= 0.3 is 5.97 Å². The highest BCUT2D eigenvalue weighted by Crippen LogP contribution is 2.26. The minimum atomic E-state index is -0.400. The summed E-state index contributed by atoms with van der Waals surface area (Å²) in [6.07, 6.45) is 0. The van der Waals surface area contributed by atoms with Crippen LogP contribution in [0.25, 0.3) is 0 Å². The Kier molecular flexibility index (Phi) is 7.99. The number of amides is 1. The van der Waals surface area contributed by atoms with Crippen LogP contribution >= 0.6 is 0 Å². The van der Waals surface area contributed by atoms with Gasteiger partial charge in [-0.1, -0.05) is 29.8 Å². The van der Waals surface area contributed by atoms with Crippen LogP contribution in [0.2, 0.25) is 0 Å². The molecule has 0 unspecified atom stereocenters. The number of hydrogen-bond acceptors (Lipinski definition) is 5. The van der Waals surface area contributed by atoms with E-state index < -0.39 is 5.97 Å². The van der Waals surface area contributed by atoms with Crippen LogP contribution in [0.15, 0.2) is 42.5 Å². The van der Waals surface area contributed by atoms with E-state index >= 15 is 0 Å². The molecule has 3 rings (SSSR count). The summed E-state index contributed by atoms with van der Waals surface area (Å²) in [5.41, 5.74) is 5.52. The van der Waals surface area contributed by atoms with Crippen molar-refractivity contribution in [2.45, 2.75) is 40.8 Å². The van der Waals surface area contributed by atoms with Crippen molar-refractivity contribution in [1.29, 1.82) is 0 Å². The largest absolute Gasteiger partial charge is 0.497 e. The first kappa shape index (κ1) is 24.9. The third-order valence-corrected chi connectivity index (χ3v) is 5.80. The summed E-state index contributed by atoms with van der Waals surface area (Å²) in [6.45, 7) is 8.58. The van der Waals surface area contributed by atoms with Crippen molar-refractivity contribution >= 4 is 11.9 Å². The molecule has 0 aliphatic carbocycles. The molecule has 0 spiro atoms. The van der Waals surface area contributed by atoms with Crippen molar-refractivity contribution in [2.24, 2.45) is 0 Å². The number of H-pyrrole nitrogens is 1. The van der Waals surface area contributed by atoms with Crippen molar-refractivity contribution in [3.8, 4) is 11.5 Å². The van der Waals surface area contributed by atoms with E-state index in [1.807, 2.05) is 45.0 Å². The van der Waals surface area contributed by atoms with Gasteiger partial charge < -0.3 is 24.1 Å². The van der Waals surface area contributed by atoms with Crippen LogP contribution in [0.4, 0.5) is 0 Å². The summed E-state index contributed by atoms with van der Waals surface area (Å²) in [5, 5.41) is 0. The molecule has 0 bridgehead atoms. The van der Waals surface area contributed by atoms with Gasteiger partial charge in [0.25, 0.3) is 5.91 Å². The second kappa shape index (κ2) is 10.9. The van der Waals surface area contributed by atoms with Crippen molar-refractivity contribution in [3.63, 3.8) is 0 Å². The van der Waals surface area contributed by atoms with Gasteiger partial charge in [-0.3, -0.25) is 4.79 Å². The zero-order valence-corrected chi connectivity index (χ0v) is 20.7. The fraction of sp³-hybridized carbons (Fsp3) is 0.333. The van der Waals surface area contributed by atoms with E-state index in [4.69, 9.17) is 14.2 Å². The van der Waals surface area contributed by atoms with Crippen LogP contribution in [0, 0.1) is 20.8 Å². The number of rotatable bonds is 9. The molecule has 2 aromatic carbocycles. The highest BCUT2D eigenvalue weighted by Gasteiger charge is 2.24. The van der Waals surface area contributed by atoms with Gasteiger partial charge in [0.2, 0.25) is 0 Å². The summed E-state index contributed by atoms with van der Waals surface area (Å²) in [6, 6.07) is 13.2. The number of aromatic nitrogens is 1. The van der Waals surface area contributed by atoms with Crippen molar-refractivity contribution in [2.75, 3.05) is 20.8 Å². The fourth-order valence-corrected chi connectivity index (χ4v) is 3.85. The highest BCUT2D eigenvalue weighted by molar-refractivity contribution is 5.95. The molecule has 1 heterocycles. The zero-order valence-electron chi connectivity index (χ0n) is 20.7. The van der Waals surface area contributed by atoms with Crippen LogP contribution in [0.1, 0.15) is 55.7 Å². The first-order valence-electron chi connectivity index (χ1n) is 11.2. The van der Waals surface area contributed by atoms with E-state index in [0.29, 0.717) is 42.5 Å². The van der Waals surface area contributed by atoms with Gasteiger partial charge in [-0.15, -0.1) is 0 Å². The summed E-state index contributed by atoms with van der Waals surface area (Å²) in [4.78, 5) is 31.0. The van der Waals surface area contributed by atoms with E-state index in [9.17, 15) is 9.59 Å². The molecule has 0 aliphatic heterocycles. The fourth-order valence-electron chi connectivity index (χ4n) is 3.85. The number of hydrogen-bond donors (Lipinski definition) is 1. The summed E-state index contributed by atoms with van der Waals surface area (Å²) < 4.78 is 15.9. The molecule has 180 valence electrons. The maximum Gasteiger partial charge on any atom is 0.355 e. The number of carbonyl (C=O) groups is 2. The molecule has 0 saturated carbocycles. The van der Waals surface area contributed by atoms with Crippen molar-refractivity contribution < 1.29 is 23.8 Å². The number of aryl methyl sites for hydroxylation is 2. The Morgan fingerprint density at radius 3 is 2.09 bits per heavy atom. The molecule has 1 N–H and O–H groups in total. The van der Waals surface area contributed by atoms with Crippen LogP contribution in [0.5, 0.6) is 11.5 Å². The molecule has 0 atom stereocenters. The molecule has 1 amide bonds. The number of carbonyl (C=O) groups excluding carboxylic acids is 2. The minimum absolute atomic E-state index is 0.171. The van der Waals surface area contributed by atoms with E-state index in [1.165, 1.54) is 0 Å². The summed E-state index contributed by atoms with van der Waals surface area (Å²) in [5.74, 6) is 0.506. The minimum Gasteiger partial charge on any atom is -0.497 e. The molecule has 0 radical (unpaired) electrons. The average molecular weight is 465 g/mol. The topological polar surface area (TPSA) is 80.9 Å². The first-order chi connectivity index (χ1) is 16.3. The number of ether oxygens (including phenoxy) is 3.